The Hall–Kier alpha value is -2.56. The summed E-state index contributed by atoms with van der Waals surface area (Å²) in [7, 11) is 1.31. The molecule has 0 aliphatic heterocycles. The van der Waals surface area contributed by atoms with E-state index in [0.29, 0.717) is 29.0 Å². The first-order chi connectivity index (χ1) is 9.61. The maximum atomic E-state index is 13.5. The van der Waals surface area contributed by atoms with Crippen molar-refractivity contribution in [2.45, 2.75) is 6.54 Å². The van der Waals surface area contributed by atoms with Gasteiger partial charge in [-0.1, -0.05) is 18.2 Å². The zero-order valence-corrected chi connectivity index (χ0v) is 11.0. The predicted octanol–water partition coefficient (Wildman–Crippen LogP) is 2.81. The molecule has 4 nitrogen and oxygen atoms in total. The number of nitrogens with one attached hydrogen (secondary N) is 1. The maximum Gasteiger partial charge on any atom is 0.337 e. The highest BCUT2D eigenvalue weighted by Crippen LogP contribution is 2.21. The van der Waals surface area contributed by atoms with Crippen molar-refractivity contribution in [1.82, 2.24) is 0 Å². The van der Waals surface area contributed by atoms with Crippen molar-refractivity contribution in [3.8, 4) is 0 Å². The minimum absolute atomic E-state index is 0.273. The van der Waals surface area contributed by atoms with E-state index in [1.54, 1.807) is 30.3 Å². The highest BCUT2D eigenvalue weighted by molar-refractivity contribution is 5.91. The Morgan fingerprint density at radius 3 is 2.70 bits per heavy atom. The van der Waals surface area contributed by atoms with Gasteiger partial charge in [0.2, 0.25) is 0 Å². The molecule has 0 unspecified atom stereocenters. The lowest BCUT2D eigenvalue weighted by Gasteiger charge is -2.11. The van der Waals surface area contributed by atoms with Crippen LogP contribution in [0.25, 0.3) is 0 Å². The number of esters is 1. The van der Waals surface area contributed by atoms with E-state index >= 15 is 0 Å². The number of hydrogen-bond donors (Lipinski definition) is 2. The average Bonchev–Trinajstić information content (AvgIpc) is 2.46. The topological polar surface area (TPSA) is 64.3 Å². The lowest BCUT2D eigenvalue weighted by molar-refractivity contribution is 0.0601. The molecule has 0 heterocycles. The minimum atomic E-state index is -0.447. The van der Waals surface area contributed by atoms with E-state index in [-0.39, 0.29) is 5.82 Å². The third-order valence-electron chi connectivity index (χ3n) is 2.90. The number of halogens is 1. The molecule has 0 aliphatic rings. The van der Waals surface area contributed by atoms with E-state index in [1.165, 1.54) is 19.2 Å². The van der Waals surface area contributed by atoms with Gasteiger partial charge in [0.15, 0.2) is 0 Å². The van der Waals surface area contributed by atoms with Crippen molar-refractivity contribution in [1.29, 1.82) is 0 Å². The zero-order chi connectivity index (χ0) is 14.5. The van der Waals surface area contributed by atoms with E-state index in [9.17, 15) is 9.18 Å². The summed E-state index contributed by atoms with van der Waals surface area (Å²) >= 11 is 0. The maximum absolute atomic E-state index is 13.5. The van der Waals surface area contributed by atoms with Gasteiger partial charge in [-0.05, 0) is 24.3 Å². The van der Waals surface area contributed by atoms with E-state index in [4.69, 9.17) is 5.73 Å². The molecular formula is C15H15FN2O2. The molecule has 0 aliphatic carbocycles. The van der Waals surface area contributed by atoms with Crippen molar-refractivity contribution >= 4 is 17.3 Å². The number of carbonyl (C=O) groups is 1. The number of hydrogen-bond acceptors (Lipinski definition) is 4. The predicted molar refractivity (Wildman–Crippen MR) is 75.9 cm³/mol. The molecule has 2 rings (SSSR count). The summed E-state index contributed by atoms with van der Waals surface area (Å²) < 4.78 is 18.1. The first kappa shape index (κ1) is 13.9. The van der Waals surface area contributed by atoms with Crippen LogP contribution < -0.4 is 11.1 Å². The van der Waals surface area contributed by atoms with Crippen molar-refractivity contribution in [3.05, 3.63) is 59.4 Å². The van der Waals surface area contributed by atoms with Gasteiger partial charge in [-0.15, -0.1) is 0 Å². The van der Waals surface area contributed by atoms with Crippen LogP contribution in [0, 0.1) is 5.82 Å². The molecule has 2 aromatic carbocycles. The molecule has 5 heteroatoms. The van der Waals surface area contributed by atoms with Gasteiger partial charge in [0, 0.05) is 12.1 Å². The minimum Gasteiger partial charge on any atom is -0.465 e. The van der Waals surface area contributed by atoms with Crippen LogP contribution in [0.5, 0.6) is 0 Å². The largest absolute Gasteiger partial charge is 0.465 e. The van der Waals surface area contributed by atoms with Crippen molar-refractivity contribution in [2.24, 2.45) is 0 Å². The lowest BCUT2D eigenvalue weighted by atomic mass is 10.1. The fourth-order valence-electron chi connectivity index (χ4n) is 1.80. The number of benzene rings is 2. The standard InChI is InChI=1S/C15H15FN2O2/c1-20-15(19)10-6-7-14(13(17)8-10)18-9-11-4-2-3-5-12(11)16/h2-8,18H,9,17H2,1H3. The van der Waals surface area contributed by atoms with Crippen molar-refractivity contribution in [3.63, 3.8) is 0 Å². The normalized spacial score (nSPS) is 10.1. The molecule has 0 amide bonds. The van der Waals surface area contributed by atoms with Gasteiger partial charge in [0.25, 0.3) is 0 Å². The third-order valence-corrected chi connectivity index (χ3v) is 2.90. The lowest BCUT2D eigenvalue weighted by Crippen LogP contribution is -2.06. The van der Waals surface area contributed by atoms with Gasteiger partial charge in [-0.3, -0.25) is 0 Å². The number of methoxy groups -OCH3 is 1. The van der Waals surface area contributed by atoms with Gasteiger partial charge >= 0.3 is 5.97 Å². The summed E-state index contributed by atoms with van der Waals surface area (Å²) in [5.74, 6) is -0.720. The highest BCUT2D eigenvalue weighted by Gasteiger charge is 2.08. The van der Waals surface area contributed by atoms with Gasteiger partial charge in [-0.25, -0.2) is 9.18 Å². The van der Waals surface area contributed by atoms with E-state index < -0.39 is 5.97 Å². The smallest absolute Gasteiger partial charge is 0.337 e. The Balaban J connectivity index is 2.11. The van der Waals surface area contributed by atoms with E-state index in [2.05, 4.69) is 10.1 Å². The molecule has 104 valence electrons. The average molecular weight is 274 g/mol. The summed E-state index contributed by atoms with van der Waals surface area (Å²) in [5, 5.41) is 3.04. The summed E-state index contributed by atoms with van der Waals surface area (Å²) in [6.45, 7) is 0.314. The van der Waals surface area contributed by atoms with Gasteiger partial charge in [0.1, 0.15) is 5.82 Å². The SMILES string of the molecule is COC(=O)c1ccc(NCc2ccccc2F)c(N)c1. The van der Waals surface area contributed by atoms with Crippen LogP contribution in [0.2, 0.25) is 0 Å². The van der Waals surface area contributed by atoms with E-state index in [0.717, 1.165) is 0 Å². The fraction of sp³-hybridized carbons (Fsp3) is 0.133. The molecule has 0 spiro atoms. The molecule has 0 saturated heterocycles. The van der Waals surface area contributed by atoms with Crippen LogP contribution in [-0.4, -0.2) is 13.1 Å². The van der Waals surface area contributed by atoms with Crippen LogP contribution in [0.4, 0.5) is 15.8 Å². The Morgan fingerprint density at radius 1 is 1.30 bits per heavy atom. The second-order valence-electron chi connectivity index (χ2n) is 4.24. The number of anilines is 2. The van der Waals surface area contributed by atoms with Gasteiger partial charge in [0.05, 0.1) is 24.0 Å². The highest BCUT2D eigenvalue weighted by atomic mass is 19.1. The first-order valence-electron chi connectivity index (χ1n) is 6.07. The van der Waals surface area contributed by atoms with Gasteiger partial charge in [-0.2, -0.15) is 0 Å². The molecular weight excluding hydrogens is 259 g/mol. The molecule has 0 atom stereocenters. The molecule has 20 heavy (non-hydrogen) atoms. The summed E-state index contributed by atoms with van der Waals surface area (Å²) in [6.07, 6.45) is 0. The molecule has 0 bridgehead atoms. The Labute approximate surface area is 116 Å². The quantitative estimate of drug-likeness (QED) is 0.664. The second-order valence-corrected chi connectivity index (χ2v) is 4.24. The Kier molecular flexibility index (Phi) is 4.20. The van der Waals surface area contributed by atoms with Crippen LogP contribution in [0.15, 0.2) is 42.5 Å². The Morgan fingerprint density at radius 2 is 2.05 bits per heavy atom. The Bertz CT molecular complexity index is 629. The number of nitrogen functional groups attached to an aromatic ring is 1. The molecule has 0 fully saturated rings. The fourth-order valence-corrected chi connectivity index (χ4v) is 1.80. The zero-order valence-electron chi connectivity index (χ0n) is 11.0. The van der Waals surface area contributed by atoms with Gasteiger partial charge < -0.3 is 15.8 Å². The number of carbonyl (C=O) groups excluding carboxylic acids is 1. The first-order valence-corrected chi connectivity index (χ1v) is 6.07. The number of nitrogens with two attached hydrogens (primary N) is 1. The monoisotopic (exact) mass is 274 g/mol. The molecule has 0 aromatic heterocycles. The number of ether oxygens (including phenoxy) is 1. The van der Waals surface area contributed by atoms with Crippen LogP contribution in [-0.2, 0) is 11.3 Å². The van der Waals surface area contributed by atoms with Crippen LogP contribution in [0.1, 0.15) is 15.9 Å². The van der Waals surface area contributed by atoms with Crippen LogP contribution in [0.3, 0.4) is 0 Å². The second kappa shape index (κ2) is 6.06. The summed E-state index contributed by atoms with van der Waals surface area (Å²) in [6, 6.07) is 11.3. The molecule has 3 N–H and O–H groups in total. The summed E-state index contributed by atoms with van der Waals surface area (Å²) in [5.41, 5.74) is 7.82. The van der Waals surface area contributed by atoms with Crippen molar-refractivity contribution < 1.29 is 13.9 Å². The molecule has 0 saturated carbocycles. The third kappa shape index (κ3) is 3.06. The van der Waals surface area contributed by atoms with Crippen molar-refractivity contribution in [2.75, 3.05) is 18.2 Å². The van der Waals surface area contributed by atoms with Crippen LogP contribution >= 0.6 is 0 Å². The summed E-state index contributed by atoms with van der Waals surface area (Å²) in [4.78, 5) is 11.4. The molecule has 2 aromatic rings. The number of rotatable bonds is 4. The molecule has 0 radical (unpaired) electrons. The van der Waals surface area contributed by atoms with E-state index in [1.807, 2.05) is 0 Å².